The van der Waals surface area contributed by atoms with Crippen LogP contribution in [0.5, 0.6) is 0 Å². The van der Waals surface area contributed by atoms with Crippen molar-refractivity contribution in [3.8, 4) is 0 Å². The molecule has 104 valence electrons. The van der Waals surface area contributed by atoms with Gasteiger partial charge in [0.05, 0.1) is 4.92 Å². The predicted molar refractivity (Wildman–Crippen MR) is 76.1 cm³/mol. The minimum absolute atomic E-state index is 0.153. The van der Waals surface area contributed by atoms with Crippen molar-refractivity contribution in [3.05, 3.63) is 39.9 Å². The summed E-state index contributed by atoms with van der Waals surface area (Å²) in [4.78, 5) is 10.3. The SMILES string of the molecule is CC(N[C@@H](C)C1CCCC1)c1ccc([N+](=O)[O-])cc1. The Bertz CT molecular complexity index is 424. The average molecular weight is 262 g/mol. The van der Waals surface area contributed by atoms with Gasteiger partial charge in [0.15, 0.2) is 0 Å². The first-order chi connectivity index (χ1) is 9.08. The highest BCUT2D eigenvalue weighted by molar-refractivity contribution is 5.34. The van der Waals surface area contributed by atoms with Gasteiger partial charge in [0, 0.05) is 24.2 Å². The molecule has 0 amide bonds. The lowest BCUT2D eigenvalue weighted by Crippen LogP contribution is -2.34. The van der Waals surface area contributed by atoms with Crippen LogP contribution in [0.1, 0.15) is 51.1 Å². The van der Waals surface area contributed by atoms with Gasteiger partial charge in [-0.1, -0.05) is 25.0 Å². The summed E-state index contributed by atoms with van der Waals surface area (Å²) in [5.41, 5.74) is 1.26. The second kappa shape index (κ2) is 6.15. The summed E-state index contributed by atoms with van der Waals surface area (Å²) in [6.07, 6.45) is 5.34. The molecule has 4 heteroatoms. The third-order valence-electron chi connectivity index (χ3n) is 4.22. The summed E-state index contributed by atoms with van der Waals surface area (Å²) in [5.74, 6) is 0.778. The van der Waals surface area contributed by atoms with Crippen molar-refractivity contribution in [1.82, 2.24) is 5.32 Å². The van der Waals surface area contributed by atoms with Crippen LogP contribution in [0, 0.1) is 16.0 Å². The minimum atomic E-state index is -0.358. The molecule has 1 fully saturated rings. The van der Waals surface area contributed by atoms with Gasteiger partial charge < -0.3 is 5.32 Å². The molecule has 0 heterocycles. The zero-order valence-corrected chi connectivity index (χ0v) is 11.6. The van der Waals surface area contributed by atoms with Crippen LogP contribution in [0.15, 0.2) is 24.3 Å². The van der Waals surface area contributed by atoms with E-state index in [-0.39, 0.29) is 16.7 Å². The topological polar surface area (TPSA) is 55.2 Å². The monoisotopic (exact) mass is 262 g/mol. The molecule has 1 aromatic carbocycles. The van der Waals surface area contributed by atoms with Crippen LogP contribution >= 0.6 is 0 Å². The van der Waals surface area contributed by atoms with Gasteiger partial charge in [0.2, 0.25) is 0 Å². The average Bonchev–Trinajstić information content (AvgIpc) is 2.92. The molecular formula is C15H22N2O2. The fourth-order valence-corrected chi connectivity index (χ4v) is 2.97. The number of nitrogens with zero attached hydrogens (tertiary/aromatic N) is 1. The number of nitro groups is 1. The zero-order valence-electron chi connectivity index (χ0n) is 11.6. The van der Waals surface area contributed by atoms with E-state index in [1.165, 1.54) is 25.7 Å². The van der Waals surface area contributed by atoms with Crippen LogP contribution in [0.2, 0.25) is 0 Å². The van der Waals surface area contributed by atoms with Crippen LogP contribution in [0.25, 0.3) is 0 Å². The van der Waals surface area contributed by atoms with Crippen molar-refractivity contribution >= 4 is 5.69 Å². The summed E-state index contributed by atoms with van der Waals surface area (Å²) in [5, 5.41) is 14.2. The largest absolute Gasteiger partial charge is 0.307 e. The van der Waals surface area contributed by atoms with Crippen molar-refractivity contribution in [2.45, 2.75) is 51.6 Å². The summed E-state index contributed by atoms with van der Waals surface area (Å²) >= 11 is 0. The zero-order chi connectivity index (χ0) is 13.8. The molecule has 1 unspecified atom stereocenters. The van der Waals surface area contributed by atoms with Crippen molar-refractivity contribution in [2.75, 3.05) is 0 Å². The van der Waals surface area contributed by atoms with Gasteiger partial charge in [-0.05, 0) is 38.2 Å². The van der Waals surface area contributed by atoms with Gasteiger partial charge in [-0.25, -0.2) is 0 Å². The van der Waals surface area contributed by atoms with Crippen molar-refractivity contribution in [3.63, 3.8) is 0 Å². The maximum Gasteiger partial charge on any atom is 0.269 e. The molecule has 0 aliphatic heterocycles. The molecule has 1 aromatic rings. The molecule has 0 aromatic heterocycles. The number of benzene rings is 1. The Kier molecular flexibility index (Phi) is 4.53. The Morgan fingerprint density at radius 3 is 2.32 bits per heavy atom. The van der Waals surface area contributed by atoms with Crippen LogP contribution in [0.3, 0.4) is 0 Å². The molecular weight excluding hydrogens is 240 g/mol. The Labute approximate surface area is 114 Å². The van der Waals surface area contributed by atoms with Gasteiger partial charge in [0.1, 0.15) is 0 Å². The first-order valence-corrected chi connectivity index (χ1v) is 7.08. The quantitative estimate of drug-likeness (QED) is 0.648. The molecule has 19 heavy (non-hydrogen) atoms. The standard InChI is InChI=1S/C15H22N2O2/c1-11(13-5-3-4-6-13)16-12(2)14-7-9-15(10-8-14)17(18)19/h7-13,16H,3-6H2,1-2H3/t11-,12?/m0/s1. The van der Waals surface area contributed by atoms with Gasteiger partial charge in [-0.15, -0.1) is 0 Å². The number of hydrogen-bond donors (Lipinski definition) is 1. The smallest absolute Gasteiger partial charge is 0.269 e. The first kappa shape index (κ1) is 14.0. The van der Waals surface area contributed by atoms with Crippen LogP contribution < -0.4 is 5.32 Å². The third-order valence-corrected chi connectivity index (χ3v) is 4.22. The highest BCUT2D eigenvalue weighted by atomic mass is 16.6. The van der Waals surface area contributed by atoms with E-state index in [1.807, 2.05) is 12.1 Å². The van der Waals surface area contributed by atoms with E-state index < -0.39 is 0 Å². The lowest BCUT2D eigenvalue weighted by molar-refractivity contribution is -0.384. The van der Waals surface area contributed by atoms with E-state index >= 15 is 0 Å². The van der Waals surface area contributed by atoms with Crippen molar-refractivity contribution in [1.29, 1.82) is 0 Å². The number of nitro benzene ring substituents is 1. The molecule has 4 nitrogen and oxygen atoms in total. The second-order valence-corrected chi connectivity index (χ2v) is 5.57. The van der Waals surface area contributed by atoms with Crippen molar-refractivity contribution in [2.24, 2.45) is 5.92 Å². The lowest BCUT2D eigenvalue weighted by Gasteiger charge is -2.25. The molecule has 2 rings (SSSR count). The van der Waals surface area contributed by atoms with E-state index in [9.17, 15) is 10.1 Å². The van der Waals surface area contributed by atoms with E-state index in [1.54, 1.807) is 12.1 Å². The Morgan fingerprint density at radius 1 is 1.21 bits per heavy atom. The Balaban J connectivity index is 1.95. The molecule has 1 saturated carbocycles. The van der Waals surface area contributed by atoms with Gasteiger partial charge >= 0.3 is 0 Å². The van der Waals surface area contributed by atoms with Crippen LogP contribution in [-0.2, 0) is 0 Å². The number of rotatable bonds is 5. The molecule has 0 bridgehead atoms. The highest BCUT2D eigenvalue weighted by Crippen LogP contribution is 2.29. The molecule has 0 radical (unpaired) electrons. The first-order valence-electron chi connectivity index (χ1n) is 7.08. The van der Waals surface area contributed by atoms with E-state index in [2.05, 4.69) is 19.2 Å². The summed E-state index contributed by atoms with van der Waals surface area (Å²) in [6.45, 7) is 4.37. The summed E-state index contributed by atoms with van der Waals surface area (Å²) in [7, 11) is 0. The fraction of sp³-hybridized carbons (Fsp3) is 0.600. The predicted octanol–water partition coefficient (Wildman–Crippen LogP) is 3.82. The minimum Gasteiger partial charge on any atom is -0.307 e. The molecule has 0 spiro atoms. The lowest BCUT2D eigenvalue weighted by atomic mass is 9.98. The number of nitrogens with one attached hydrogen (secondary N) is 1. The van der Waals surface area contributed by atoms with Crippen molar-refractivity contribution < 1.29 is 4.92 Å². The molecule has 0 saturated heterocycles. The molecule has 1 aliphatic rings. The van der Waals surface area contributed by atoms with Gasteiger partial charge in [-0.3, -0.25) is 10.1 Å². The Hall–Kier alpha value is -1.42. The van der Waals surface area contributed by atoms with E-state index in [4.69, 9.17) is 0 Å². The van der Waals surface area contributed by atoms with Crippen LogP contribution in [0.4, 0.5) is 5.69 Å². The molecule has 2 atom stereocenters. The normalized spacial score (nSPS) is 19.3. The van der Waals surface area contributed by atoms with E-state index in [0.29, 0.717) is 6.04 Å². The third kappa shape index (κ3) is 3.53. The maximum absolute atomic E-state index is 10.6. The number of non-ortho nitro benzene ring substituents is 1. The molecule has 1 N–H and O–H groups in total. The maximum atomic E-state index is 10.6. The van der Waals surface area contributed by atoms with E-state index in [0.717, 1.165) is 11.5 Å². The van der Waals surface area contributed by atoms with Gasteiger partial charge in [-0.2, -0.15) is 0 Å². The summed E-state index contributed by atoms with van der Waals surface area (Å²) in [6, 6.07) is 7.58. The number of hydrogen-bond acceptors (Lipinski definition) is 3. The van der Waals surface area contributed by atoms with Crippen LogP contribution in [-0.4, -0.2) is 11.0 Å². The second-order valence-electron chi connectivity index (χ2n) is 5.57. The fourth-order valence-electron chi connectivity index (χ4n) is 2.97. The van der Waals surface area contributed by atoms with Gasteiger partial charge in [0.25, 0.3) is 5.69 Å². The highest BCUT2D eigenvalue weighted by Gasteiger charge is 2.22. The summed E-state index contributed by atoms with van der Waals surface area (Å²) < 4.78 is 0. The Morgan fingerprint density at radius 2 is 1.79 bits per heavy atom. The molecule has 1 aliphatic carbocycles.